The fraction of sp³-hybridized carbons (Fsp3) is 0.176. The standard InChI is InChI=1S/C17H15BrClNO5/c1-23-14-9-13(11(18)8-12(14)19)20-7-5-4-6-10(16(21)24-2)15(20)17(22)25-3/h4-9H,1-3H3. The van der Waals surface area contributed by atoms with E-state index < -0.39 is 11.9 Å². The third-order valence-electron chi connectivity index (χ3n) is 3.37. The van der Waals surface area contributed by atoms with Gasteiger partial charge >= 0.3 is 11.9 Å². The van der Waals surface area contributed by atoms with E-state index in [4.69, 9.17) is 25.8 Å². The molecular formula is C17H15BrClNO5. The Morgan fingerprint density at radius 2 is 1.76 bits per heavy atom. The predicted octanol–water partition coefficient (Wildman–Crippen LogP) is 3.60. The van der Waals surface area contributed by atoms with Crippen LogP contribution in [-0.4, -0.2) is 33.3 Å². The smallest absolute Gasteiger partial charge is 0.355 e. The topological polar surface area (TPSA) is 65.1 Å². The number of benzene rings is 1. The number of carbonyl (C=O) groups is 2. The van der Waals surface area contributed by atoms with Crippen LogP contribution in [0.25, 0.3) is 0 Å². The molecule has 1 aliphatic heterocycles. The van der Waals surface area contributed by atoms with E-state index in [1.165, 1.54) is 32.3 Å². The summed E-state index contributed by atoms with van der Waals surface area (Å²) in [5.41, 5.74) is 0.590. The molecule has 0 aromatic heterocycles. The number of rotatable bonds is 4. The van der Waals surface area contributed by atoms with Gasteiger partial charge in [0.25, 0.3) is 0 Å². The van der Waals surface area contributed by atoms with Crippen LogP contribution in [0.1, 0.15) is 0 Å². The number of hydrogen-bond acceptors (Lipinski definition) is 6. The SMILES string of the molecule is COC(=O)C1=C(C(=O)OC)N(c2cc(OC)c(Cl)cc2Br)C=CC=C1. The fourth-order valence-corrected chi connectivity index (χ4v) is 3.12. The molecule has 0 aliphatic carbocycles. The van der Waals surface area contributed by atoms with E-state index in [0.717, 1.165) is 0 Å². The molecule has 0 unspecified atom stereocenters. The molecule has 0 atom stereocenters. The maximum Gasteiger partial charge on any atom is 0.355 e. The minimum atomic E-state index is -0.697. The van der Waals surface area contributed by atoms with Crippen molar-refractivity contribution in [2.24, 2.45) is 0 Å². The van der Waals surface area contributed by atoms with E-state index >= 15 is 0 Å². The van der Waals surface area contributed by atoms with Crippen molar-refractivity contribution in [3.05, 3.63) is 57.3 Å². The molecule has 0 saturated carbocycles. The Labute approximate surface area is 158 Å². The third kappa shape index (κ3) is 3.88. The van der Waals surface area contributed by atoms with Gasteiger partial charge in [0.2, 0.25) is 0 Å². The summed E-state index contributed by atoms with van der Waals surface area (Å²) in [6, 6.07) is 3.27. The summed E-state index contributed by atoms with van der Waals surface area (Å²) in [6.45, 7) is 0. The second-order valence-corrected chi connectivity index (χ2v) is 6.02. The summed E-state index contributed by atoms with van der Waals surface area (Å²) in [4.78, 5) is 26.0. The van der Waals surface area contributed by atoms with E-state index in [9.17, 15) is 9.59 Å². The van der Waals surface area contributed by atoms with E-state index in [2.05, 4.69) is 15.9 Å². The van der Waals surface area contributed by atoms with Crippen LogP contribution in [0, 0.1) is 0 Å². The van der Waals surface area contributed by atoms with Gasteiger partial charge in [-0.05, 0) is 34.1 Å². The van der Waals surface area contributed by atoms with Crippen molar-refractivity contribution in [3.63, 3.8) is 0 Å². The second-order valence-electron chi connectivity index (χ2n) is 4.75. The lowest BCUT2D eigenvalue weighted by Crippen LogP contribution is -2.27. The quantitative estimate of drug-likeness (QED) is 0.683. The first-order valence-corrected chi connectivity index (χ1v) is 8.19. The first-order chi connectivity index (χ1) is 11.9. The van der Waals surface area contributed by atoms with Gasteiger partial charge < -0.3 is 19.1 Å². The summed E-state index contributed by atoms with van der Waals surface area (Å²) in [5.74, 6) is -0.950. The monoisotopic (exact) mass is 427 g/mol. The van der Waals surface area contributed by atoms with Gasteiger partial charge in [0.1, 0.15) is 11.4 Å². The van der Waals surface area contributed by atoms with Gasteiger partial charge in [-0.2, -0.15) is 0 Å². The molecule has 0 amide bonds. The van der Waals surface area contributed by atoms with Crippen molar-refractivity contribution in [3.8, 4) is 5.75 Å². The summed E-state index contributed by atoms with van der Waals surface area (Å²) in [5, 5.41) is 0.395. The molecule has 0 radical (unpaired) electrons. The van der Waals surface area contributed by atoms with Crippen molar-refractivity contribution in [1.82, 2.24) is 0 Å². The number of carbonyl (C=O) groups excluding carboxylic acids is 2. The van der Waals surface area contributed by atoms with Gasteiger partial charge in [-0.15, -0.1) is 0 Å². The number of hydrogen-bond donors (Lipinski definition) is 0. The molecular weight excluding hydrogens is 414 g/mol. The van der Waals surface area contributed by atoms with Crippen molar-refractivity contribution in [2.75, 3.05) is 26.2 Å². The lowest BCUT2D eigenvalue weighted by Gasteiger charge is -2.24. The zero-order chi connectivity index (χ0) is 18.6. The highest BCUT2D eigenvalue weighted by Gasteiger charge is 2.28. The number of methoxy groups -OCH3 is 3. The van der Waals surface area contributed by atoms with Crippen LogP contribution >= 0.6 is 27.5 Å². The van der Waals surface area contributed by atoms with Crippen molar-refractivity contribution >= 4 is 45.2 Å². The Balaban J connectivity index is 2.73. The molecule has 0 bridgehead atoms. The molecule has 2 rings (SSSR count). The summed E-state index contributed by atoms with van der Waals surface area (Å²) < 4.78 is 15.5. The normalized spacial score (nSPS) is 13.6. The molecule has 1 aromatic carbocycles. The van der Waals surface area contributed by atoms with Gasteiger partial charge in [0, 0.05) is 16.7 Å². The van der Waals surface area contributed by atoms with Gasteiger partial charge in [0.05, 0.1) is 37.6 Å². The molecule has 8 heteroatoms. The summed E-state index contributed by atoms with van der Waals surface area (Å²) in [6.07, 6.45) is 6.39. The largest absolute Gasteiger partial charge is 0.495 e. The van der Waals surface area contributed by atoms with Gasteiger partial charge in [-0.25, -0.2) is 9.59 Å². The molecule has 0 spiro atoms. The average molecular weight is 429 g/mol. The molecule has 0 saturated heterocycles. The maximum atomic E-state index is 12.4. The Kier molecular flexibility index (Phi) is 6.27. The molecule has 25 heavy (non-hydrogen) atoms. The van der Waals surface area contributed by atoms with E-state index in [1.54, 1.807) is 30.5 Å². The molecule has 132 valence electrons. The Bertz CT molecular complexity index is 800. The Morgan fingerprint density at radius 3 is 2.36 bits per heavy atom. The maximum absolute atomic E-state index is 12.4. The van der Waals surface area contributed by atoms with Crippen LogP contribution in [-0.2, 0) is 19.1 Å². The highest BCUT2D eigenvalue weighted by molar-refractivity contribution is 9.10. The molecule has 1 aliphatic rings. The molecule has 1 heterocycles. The Hall–Kier alpha value is -2.25. The molecule has 0 fully saturated rings. The number of anilines is 1. The number of nitrogens with zero attached hydrogens (tertiary/aromatic N) is 1. The number of allylic oxidation sites excluding steroid dienone is 2. The van der Waals surface area contributed by atoms with Crippen LogP contribution in [0.2, 0.25) is 5.02 Å². The molecule has 6 nitrogen and oxygen atoms in total. The van der Waals surface area contributed by atoms with Gasteiger partial charge in [0.15, 0.2) is 0 Å². The molecule has 1 aromatic rings. The zero-order valence-corrected chi connectivity index (χ0v) is 16.1. The summed E-state index contributed by atoms with van der Waals surface area (Å²) in [7, 11) is 3.95. The minimum Gasteiger partial charge on any atom is -0.495 e. The van der Waals surface area contributed by atoms with E-state index in [0.29, 0.717) is 20.9 Å². The predicted molar refractivity (Wildman–Crippen MR) is 97.5 cm³/mol. The highest BCUT2D eigenvalue weighted by Crippen LogP contribution is 2.39. The van der Waals surface area contributed by atoms with Crippen molar-refractivity contribution < 1.29 is 23.8 Å². The number of ether oxygens (including phenoxy) is 3. The first kappa shape index (κ1) is 19.1. The lowest BCUT2D eigenvalue weighted by molar-refractivity contribution is -0.139. The Morgan fingerprint density at radius 1 is 1.08 bits per heavy atom. The minimum absolute atomic E-state index is 0.00410. The fourth-order valence-electron chi connectivity index (χ4n) is 2.21. The first-order valence-electron chi connectivity index (χ1n) is 7.02. The zero-order valence-electron chi connectivity index (χ0n) is 13.7. The highest BCUT2D eigenvalue weighted by atomic mass is 79.9. The average Bonchev–Trinajstić information content (AvgIpc) is 2.83. The van der Waals surface area contributed by atoms with Gasteiger partial charge in [-0.1, -0.05) is 17.7 Å². The van der Waals surface area contributed by atoms with Gasteiger partial charge in [-0.3, -0.25) is 0 Å². The van der Waals surface area contributed by atoms with Crippen molar-refractivity contribution in [1.29, 1.82) is 0 Å². The lowest BCUT2D eigenvalue weighted by atomic mass is 10.1. The van der Waals surface area contributed by atoms with Crippen LogP contribution in [0.15, 0.2) is 52.3 Å². The van der Waals surface area contributed by atoms with Crippen LogP contribution in [0.5, 0.6) is 5.75 Å². The number of halogens is 2. The van der Waals surface area contributed by atoms with Crippen molar-refractivity contribution in [2.45, 2.75) is 0 Å². The van der Waals surface area contributed by atoms with E-state index in [-0.39, 0.29) is 11.3 Å². The molecule has 0 N–H and O–H groups in total. The van der Waals surface area contributed by atoms with Crippen LogP contribution in [0.4, 0.5) is 5.69 Å². The van der Waals surface area contributed by atoms with Crippen LogP contribution in [0.3, 0.4) is 0 Å². The second kappa shape index (κ2) is 8.22. The number of esters is 2. The third-order valence-corrected chi connectivity index (χ3v) is 4.30. The summed E-state index contributed by atoms with van der Waals surface area (Å²) >= 11 is 9.54. The van der Waals surface area contributed by atoms with E-state index in [1.807, 2.05) is 0 Å². The van der Waals surface area contributed by atoms with Crippen LogP contribution < -0.4 is 9.64 Å².